The van der Waals surface area contributed by atoms with Gasteiger partial charge in [0.05, 0.1) is 6.04 Å². The molecule has 0 saturated heterocycles. The molecule has 27 heavy (non-hydrogen) atoms. The van der Waals surface area contributed by atoms with E-state index >= 15 is 0 Å². The summed E-state index contributed by atoms with van der Waals surface area (Å²) < 4.78 is 6.49. The maximum atomic E-state index is 13.1. The maximum absolute atomic E-state index is 13.1. The number of carbonyl (C=O) groups excluding carboxylic acids is 1. The zero-order chi connectivity index (χ0) is 19.0. The third-order valence-corrected chi connectivity index (χ3v) is 6.35. The molecule has 2 aromatic rings. The number of benzene rings is 2. The van der Waals surface area contributed by atoms with Crippen LogP contribution in [0.1, 0.15) is 77.2 Å². The second-order valence-corrected chi connectivity index (χ2v) is 8.37. The Balaban J connectivity index is 1.64. The lowest BCUT2D eigenvalue weighted by molar-refractivity contribution is -0.00210. The van der Waals surface area contributed by atoms with E-state index in [4.69, 9.17) is 4.74 Å². The fourth-order valence-electron chi connectivity index (χ4n) is 4.69. The standard InChI is InChI=1S/C24H29NO2/c1-16-13-18(3)20(14-17(16)2)23(26)25-21-15-24(11-7-4-8-12-24)27-22-10-6-5-9-19(21)22/h5-6,9-10,13-14,21H,4,7-8,11-12,15H2,1-3H3,(H,25,26)/t21-/m1/s1. The van der Waals surface area contributed by atoms with Gasteiger partial charge in [-0.15, -0.1) is 0 Å². The van der Waals surface area contributed by atoms with Crippen molar-refractivity contribution >= 4 is 5.91 Å². The van der Waals surface area contributed by atoms with Gasteiger partial charge >= 0.3 is 0 Å². The molecule has 142 valence electrons. The van der Waals surface area contributed by atoms with E-state index in [1.807, 2.05) is 31.2 Å². The number of hydrogen-bond donors (Lipinski definition) is 1. The third-order valence-electron chi connectivity index (χ3n) is 6.35. The van der Waals surface area contributed by atoms with E-state index in [0.717, 1.165) is 47.3 Å². The molecule has 1 N–H and O–H groups in total. The van der Waals surface area contributed by atoms with Crippen molar-refractivity contribution in [2.24, 2.45) is 0 Å². The predicted octanol–water partition coefficient (Wildman–Crippen LogP) is 5.57. The smallest absolute Gasteiger partial charge is 0.252 e. The molecule has 3 nitrogen and oxygen atoms in total. The Kier molecular flexibility index (Phi) is 4.71. The van der Waals surface area contributed by atoms with Gasteiger partial charge in [0.1, 0.15) is 11.4 Å². The molecule has 4 rings (SSSR count). The Bertz CT molecular complexity index is 865. The van der Waals surface area contributed by atoms with Crippen molar-refractivity contribution in [3.8, 4) is 5.75 Å². The number of hydrogen-bond acceptors (Lipinski definition) is 2. The molecule has 1 heterocycles. The van der Waals surface area contributed by atoms with Gasteiger partial charge in [0.2, 0.25) is 0 Å². The minimum Gasteiger partial charge on any atom is -0.487 e. The largest absolute Gasteiger partial charge is 0.487 e. The quantitative estimate of drug-likeness (QED) is 0.757. The van der Waals surface area contributed by atoms with Crippen LogP contribution in [0.3, 0.4) is 0 Å². The van der Waals surface area contributed by atoms with Crippen LogP contribution in [0.4, 0.5) is 0 Å². The van der Waals surface area contributed by atoms with E-state index in [9.17, 15) is 4.79 Å². The molecule has 0 unspecified atom stereocenters. The van der Waals surface area contributed by atoms with Crippen LogP contribution in [0.15, 0.2) is 36.4 Å². The zero-order valence-electron chi connectivity index (χ0n) is 16.6. The Morgan fingerprint density at radius 1 is 1.00 bits per heavy atom. The van der Waals surface area contributed by atoms with E-state index in [-0.39, 0.29) is 17.6 Å². The van der Waals surface area contributed by atoms with Crippen molar-refractivity contribution in [3.63, 3.8) is 0 Å². The summed E-state index contributed by atoms with van der Waals surface area (Å²) in [5.41, 5.74) is 5.16. The molecular weight excluding hydrogens is 334 g/mol. The Labute approximate surface area is 162 Å². The molecule has 0 radical (unpaired) electrons. The fourth-order valence-corrected chi connectivity index (χ4v) is 4.69. The van der Waals surface area contributed by atoms with Gasteiger partial charge in [0.25, 0.3) is 5.91 Å². The summed E-state index contributed by atoms with van der Waals surface area (Å²) in [7, 11) is 0. The Hall–Kier alpha value is -2.29. The summed E-state index contributed by atoms with van der Waals surface area (Å²) in [4.78, 5) is 13.1. The molecule has 3 heteroatoms. The van der Waals surface area contributed by atoms with Gasteiger partial charge in [-0.05, 0) is 75.3 Å². The van der Waals surface area contributed by atoms with Gasteiger partial charge in [0, 0.05) is 17.5 Å². The Morgan fingerprint density at radius 2 is 1.70 bits per heavy atom. The molecule has 0 bridgehead atoms. The first-order valence-corrected chi connectivity index (χ1v) is 10.1. The van der Waals surface area contributed by atoms with Crippen molar-refractivity contribution in [2.75, 3.05) is 0 Å². The molecule has 1 spiro atoms. The molecule has 2 aliphatic rings. The van der Waals surface area contributed by atoms with Crippen LogP contribution in [0.2, 0.25) is 0 Å². The number of amides is 1. The highest BCUT2D eigenvalue weighted by atomic mass is 16.5. The first-order valence-electron chi connectivity index (χ1n) is 10.1. The maximum Gasteiger partial charge on any atom is 0.252 e. The first-order chi connectivity index (χ1) is 13.0. The number of ether oxygens (including phenoxy) is 1. The lowest BCUT2D eigenvalue weighted by atomic mass is 9.77. The van der Waals surface area contributed by atoms with Gasteiger partial charge in [-0.2, -0.15) is 0 Å². The van der Waals surface area contributed by atoms with Crippen molar-refractivity contribution < 1.29 is 9.53 Å². The van der Waals surface area contributed by atoms with Crippen LogP contribution < -0.4 is 10.1 Å². The summed E-state index contributed by atoms with van der Waals surface area (Å²) >= 11 is 0. The van der Waals surface area contributed by atoms with Crippen LogP contribution in [0.25, 0.3) is 0 Å². The number of fused-ring (bicyclic) bond motifs is 1. The highest BCUT2D eigenvalue weighted by molar-refractivity contribution is 5.96. The SMILES string of the molecule is Cc1cc(C)c(C(=O)N[C@@H]2CC3(CCCCC3)Oc3ccccc32)cc1C. The number of para-hydroxylation sites is 1. The normalized spacial score (nSPS) is 20.6. The minimum absolute atomic E-state index is 0.00144. The molecule has 0 aromatic heterocycles. The molecule has 1 aliphatic carbocycles. The number of carbonyl (C=O) groups is 1. The highest BCUT2D eigenvalue weighted by Crippen LogP contribution is 2.46. The van der Waals surface area contributed by atoms with Gasteiger partial charge in [-0.25, -0.2) is 0 Å². The first kappa shape index (κ1) is 18.1. The molecule has 1 amide bonds. The van der Waals surface area contributed by atoms with Crippen molar-refractivity contribution in [2.45, 2.75) is 70.9 Å². The molecular formula is C24H29NO2. The molecule has 1 atom stereocenters. The summed E-state index contributed by atoms with van der Waals surface area (Å²) in [5.74, 6) is 0.955. The average molecular weight is 364 g/mol. The van der Waals surface area contributed by atoms with E-state index < -0.39 is 0 Å². The van der Waals surface area contributed by atoms with E-state index in [2.05, 4.69) is 31.3 Å². The van der Waals surface area contributed by atoms with Crippen molar-refractivity contribution in [1.82, 2.24) is 5.32 Å². The molecule has 1 fully saturated rings. The summed E-state index contributed by atoms with van der Waals surface area (Å²) in [6, 6.07) is 12.3. The lowest BCUT2D eigenvalue weighted by Gasteiger charge is -2.44. The highest BCUT2D eigenvalue weighted by Gasteiger charge is 2.42. The predicted molar refractivity (Wildman–Crippen MR) is 108 cm³/mol. The minimum atomic E-state index is -0.122. The van der Waals surface area contributed by atoms with Crippen LogP contribution in [-0.2, 0) is 0 Å². The lowest BCUT2D eigenvalue weighted by Crippen LogP contribution is -2.46. The second-order valence-electron chi connectivity index (χ2n) is 8.37. The van der Waals surface area contributed by atoms with Gasteiger partial charge in [0.15, 0.2) is 0 Å². The van der Waals surface area contributed by atoms with Crippen LogP contribution >= 0.6 is 0 Å². The molecule has 1 saturated carbocycles. The van der Waals surface area contributed by atoms with E-state index in [1.54, 1.807) is 0 Å². The summed E-state index contributed by atoms with van der Waals surface area (Å²) in [5, 5.41) is 3.33. The van der Waals surface area contributed by atoms with Gasteiger partial charge in [-0.1, -0.05) is 30.7 Å². The number of nitrogens with one attached hydrogen (secondary N) is 1. The number of aryl methyl sites for hydroxylation is 3. The zero-order valence-corrected chi connectivity index (χ0v) is 16.6. The molecule has 2 aromatic carbocycles. The fraction of sp³-hybridized carbons (Fsp3) is 0.458. The molecule has 1 aliphatic heterocycles. The third kappa shape index (κ3) is 3.47. The van der Waals surface area contributed by atoms with E-state index in [1.165, 1.54) is 24.8 Å². The van der Waals surface area contributed by atoms with Crippen LogP contribution in [0.5, 0.6) is 5.75 Å². The Morgan fingerprint density at radius 3 is 2.48 bits per heavy atom. The van der Waals surface area contributed by atoms with Crippen LogP contribution in [-0.4, -0.2) is 11.5 Å². The topological polar surface area (TPSA) is 38.3 Å². The summed E-state index contributed by atoms with van der Waals surface area (Å²) in [6.07, 6.45) is 6.72. The van der Waals surface area contributed by atoms with Gasteiger partial charge < -0.3 is 10.1 Å². The summed E-state index contributed by atoms with van der Waals surface area (Å²) in [6.45, 7) is 6.17. The monoisotopic (exact) mass is 363 g/mol. The van der Waals surface area contributed by atoms with Crippen LogP contribution in [0, 0.1) is 20.8 Å². The van der Waals surface area contributed by atoms with Gasteiger partial charge in [-0.3, -0.25) is 4.79 Å². The van der Waals surface area contributed by atoms with Crippen molar-refractivity contribution in [1.29, 1.82) is 0 Å². The average Bonchev–Trinajstić information content (AvgIpc) is 2.65. The van der Waals surface area contributed by atoms with Crippen molar-refractivity contribution in [3.05, 3.63) is 64.2 Å². The number of rotatable bonds is 2. The second kappa shape index (κ2) is 7.03. The van der Waals surface area contributed by atoms with E-state index in [0.29, 0.717) is 0 Å².